The first kappa shape index (κ1) is 17.0. The second-order valence-electron chi connectivity index (χ2n) is 4.75. The lowest BCUT2D eigenvalue weighted by Gasteiger charge is -2.09. The zero-order valence-corrected chi connectivity index (χ0v) is 12.8. The van der Waals surface area contributed by atoms with Gasteiger partial charge in [-0.1, -0.05) is 35.9 Å². The minimum absolute atomic E-state index is 0.0237. The van der Waals surface area contributed by atoms with Crippen molar-refractivity contribution in [1.29, 1.82) is 0 Å². The summed E-state index contributed by atoms with van der Waals surface area (Å²) in [5.41, 5.74) is -0.239. The fraction of sp³-hybridized carbons (Fsp3) is 0.133. The van der Waals surface area contributed by atoms with Crippen LogP contribution in [0.2, 0.25) is 0 Å². The van der Waals surface area contributed by atoms with E-state index in [1.165, 1.54) is 30.3 Å². The molecule has 2 aromatic carbocycles. The van der Waals surface area contributed by atoms with Crippen LogP contribution in [0.1, 0.15) is 16.7 Å². The third-order valence-electron chi connectivity index (χ3n) is 2.97. The first-order chi connectivity index (χ1) is 10.7. The maximum absolute atomic E-state index is 12.8. The van der Waals surface area contributed by atoms with Crippen LogP contribution in [0, 0.1) is 6.92 Å². The molecule has 2 aromatic rings. The maximum Gasteiger partial charge on any atom is 0.417 e. The molecule has 0 aliphatic rings. The van der Waals surface area contributed by atoms with E-state index in [0.29, 0.717) is 0 Å². The number of alkyl halides is 3. The third kappa shape index (κ3) is 4.32. The largest absolute Gasteiger partial charge is 0.417 e. The Balaban J connectivity index is 2.21. The third-order valence-corrected chi connectivity index (χ3v) is 4.21. The van der Waals surface area contributed by atoms with Crippen molar-refractivity contribution in [3.63, 3.8) is 0 Å². The Morgan fingerprint density at radius 3 is 2.26 bits per heavy atom. The molecular formula is C15H13F3N2O2S. The lowest BCUT2D eigenvalue weighted by atomic mass is 10.1. The van der Waals surface area contributed by atoms with Crippen LogP contribution in [-0.4, -0.2) is 14.6 Å². The average molecular weight is 342 g/mol. The molecule has 0 saturated heterocycles. The molecule has 0 aliphatic carbocycles. The summed E-state index contributed by atoms with van der Waals surface area (Å²) in [6.07, 6.45) is -3.72. The molecule has 0 bridgehead atoms. The first-order valence-corrected chi connectivity index (χ1v) is 7.96. The summed E-state index contributed by atoms with van der Waals surface area (Å²) < 4.78 is 62.4. The fourth-order valence-corrected chi connectivity index (χ4v) is 2.59. The normalized spacial score (nSPS) is 12.5. The summed E-state index contributed by atoms with van der Waals surface area (Å²) in [4.78, 5) is 1.87. The minimum atomic E-state index is -4.54. The Kier molecular flexibility index (Phi) is 4.74. The lowest BCUT2D eigenvalue weighted by molar-refractivity contribution is -0.137. The second-order valence-corrected chi connectivity index (χ2v) is 6.41. The molecule has 0 radical (unpaired) electrons. The molecule has 4 nitrogen and oxygen atoms in total. The Bertz CT molecular complexity index is 813. The van der Waals surface area contributed by atoms with Crippen LogP contribution in [0.25, 0.3) is 0 Å². The molecule has 0 heterocycles. The van der Waals surface area contributed by atoms with E-state index in [1.54, 1.807) is 19.1 Å². The van der Waals surface area contributed by atoms with Crippen LogP contribution in [0.3, 0.4) is 0 Å². The van der Waals surface area contributed by atoms with Crippen LogP contribution in [0.5, 0.6) is 0 Å². The number of benzene rings is 2. The summed E-state index contributed by atoms with van der Waals surface area (Å²) >= 11 is 0. The SMILES string of the molecule is Cc1ccc(S(=O)(=O)N/N=C/c2ccccc2C(F)(F)F)cc1. The van der Waals surface area contributed by atoms with Crippen molar-refractivity contribution < 1.29 is 21.6 Å². The zero-order chi connectivity index (χ0) is 17.1. The first-order valence-electron chi connectivity index (χ1n) is 6.48. The van der Waals surface area contributed by atoms with Gasteiger partial charge in [0.1, 0.15) is 0 Å². The summed E-state index contributed by atoms with van der Waals surface area (Å²) in [5, 5.41) is 3.42. The molecule has 8 heteroatoms. The monoisotopic (exact) mass is 342 g/mol. The maximum atomic E-state index is 12.8. The number of nitrogens with one attached hydrogen (secondary N) is 1. The quantitative estimate of drug-likeness (QED) is 0.684. The highest BCUT2D eigenvalue weighted by Gasteiger charge is 2.32. The van der Waals surface area contributed by atoms with Gasteiger partial charge in [-0.2, -0.15) is 26.7 Å². The number of hydrogen-bond donors (Lipinski definition) is 1. The van der Waals surface area contributed by atoms with Gasteiger partial charge in [-0.25, -0.2) is 4.83 Å². The van der Waals surface area contributed by atoms with Gasteiger partial charge in [-0.15, -0.1) is 0 Å². The van der Waals surface area contributed by atoms with Gasteiger partial charge < -0.3 is 0 Å². The summed E-state index contributed by atoms with van der Waals surface area (Å²) in [7, 11) is -3.92. The van der Waals surface area contributed by atoms with Crippen molar-refractivity contribution in [3.05, 3.63) is 65.2 Å². The Labute approximate surface area is 131 Å². The molecule has 122 valence electrons. The van der Waals surface area contributed by atoms with E-state index < -0.39 is 21.8 Å². The fourth-order valence-electron chi connectivity index (χ4n) is 1.80. The summed E-state index contributed by atoms with van der Waals surface area (Å²) in [6, 6.07) is 10.7. The van der Waals surface area contributed by atoms with E-state index >= 15 is 0 Å². The van der Waals surface area contributed by atoms with Crippen LogP contribution in [0.4, 0.5) is 13.2 Å². The van der Waals surface area contributed by atoms with Gasteiger partial charge in [0.15, 0.2) is 0 Å². The molecular weight excluding hydrogens is 329 g/mol. The van der Waals surface area contributed by atoms with E-state index in [-0.39, 0.29) is 10.5 Å². The van der Waals surface area contributed by atoms with Crippen molar-refractivity contribution >= 4 is 16.2 Å². The standard InChI is InChI=1S/C15H13F3N2O2S/c1-11-6-8-13(9-7-11)23(21,22)20-19-10-12-4-2-3-5-14(12)15(16,17)18/h2-10,20H,1H3/b19-10+. The van der Waals surface area contributed by atoms with Gasteiger partial charge in [-0.05, 0) is 25.1 Å². The zero-order valence-electron chi connectivity index (χ0n) is 12.0. The van der Waals surface area contributed by atoms with Gasteiger partial charge in [0, 0.05) is 5.56 Å². The van der Waals surface area contributed by atoms with Crippen LogP contribution in [-0.2, 0) is 16.2 Å². The summed E-state index contributed by atoms with van der Waals surface area (Å²) in [5.74, 6) is 0. The highest BCUT2D eigenvalue weighted by atomic mass is 32.2. The Morgan fingerprint density at radius 1 is 1.04 bits per heavy atom. The van der Waals surface area contributed by atoms with Crippen LogP contribution >= 0.6 is 0 Å². The van der Waals surface area contributed by atoms with Gasteiger partial charge in [0.25, 0.3) is 10.0 Å². The predicted octanol–water partition coefficient (Wildman–Crippen LogP) is 3.33. The number of hydrazone groups is 1. The van der Waals surface area contributed by atoms with Gasteiger partial charge >= 0.3 is 6.18 Å². The smallest absolute Gasteiger partial charge is 0.200 e. The van der Waals surface area contributed by atoms with Crippen LogP contribution < -0.4 is 4.83 Å². The Morgan fingerprint density at radius 2 is 1.65 bits per heavy atom. The number of rotatable bonds is 4. The number of aryl methyl sites for hydroxylation is 1. The molecule has 0 fully saturated rings. The molecule has 0 saturated carbocycles. The van der Waals surface area contributed by atoms with Crippen molar-refractivity contribution in [2.24, 2.45) is 5.10 Å². The molecule has 0 aromatic heterocycles. The number of hydrogen-bond acceptors (Lipinski definition) is 3. The lowest BCUT2D eigenvalue weighted by Crippen LogP contribution is -2.18. The van der Waals surface area contributed by atoms with Crippen molar-refractivity contribution in [2.75, 3.05) is 0 Å². The van der Waals surface area contributed by atoms with Crippen molar-refractivity contribution in [3.8, 4) is 0 Å². The van der Waals surface area contributed by atoms with Gasteiger partial charge in [0.2, 0.25) is 0 Å². The molecule has 0 amide bonds. The van der Waals surface area contributed by atoms with E-state index in [9.17, 15) is 21.6 Å². The molecule has 0 atom stereocenters. The Hall–Kier alpha value is -2.35. The topological polar surface area (TPSA) is 58.5 Å². The highest BCUT2D eigenvalue weighted by molar-refractivity contribution is 7.89. The molecule has 0 unspecified atom stereocenters. The molecule has 0 aliphatic heterocycles. The van der Waals surface area contributed by atoms with E-state index in [2.05, 4.69) is 5.10 Å². The minimum Gasteiger partial charge on any atom is -0.200 e. The average Bonchev–Trinajstić information content (AvgIpc) is 2.47. The molecule has 23 heavy (non-hydrogen) atoms. The predicted molar refractivity (Wildman–Crippen MR) is 80.5 cm³/mol. The van der Waals surface area contributed by atoms with E-state index in [1.807, 2.05) is 4.83 Å². The molecule has 0 spiro atoms. The van der Waals surface area contributed by atoms with E-state index in [0.717, 1.165) is 17.8 Å². The van der Waals surface area contributed by atoms with Crippen molar-refractivity contribution in [1.82, 2.24) is 4.83 Å². The van der Waals surface area contributed by atoms with Gasteiger partial charge in [-0.3, -0.25) is 0 Å². The van der Waals surface area contributed by atoms with E-state index in [4.69, 9.17) is 0 Å². The van der Waals surface area contributed by atoms with Crippen LogP contribution in [0.15, 0.2) is 58.5 Å². The van der Waals surface area contributed by atoms with Gasteiger partial charge in [0.05, 0.1) is 16.7 Å². The highest BCUT2D eigenvalue weighted by Crippen LogP contribution is 2.31. The molecule has 2 rings (SSSR count). The second kappa shape index (κ2) is 6.41. The number of sulfonamides is 1. The molecule has 1 N–H and O–H groups in total. The number of nitrogens with zero attached hydrogens (tertiary/aromatic N) is 1. The number of halogens is 3. The summed E-state index contributed by atoms with van der Waals surface area (Å²) in [6.45, 7) is 1.80. The van der Waals surface area contributed by atoms with Crippen molar-refractivity contribution in [2.45, 2.75) is 18.0 Å².